The number of phenolic OH excluding ortho intramolecular Hbond substituents is 4. The maximum Gasteiger partial charge on any atom is 0.331 e. The molecular formula is C29H36O16. The van der Waals surface area contributed by atoms with Crippen molar-refractivity contribution in [2.75, 3.05) is 13.2 Å². The van der Waals surface area contributed by atoms with Crippen LogP contribution in [0.1, 0.15) is 24.2 Å². The highest BCUT2D eigenvalue weighted by atomic mass is 16.8. The van der Waals surface area contributed by atoms with Gasteiger partial charge in [-0.3, -0.25) is 0 Å². The van der Waals surface area contributed by atoms with E-state index in [9.17, 15) is 55.9 Å². The van der Waals surface area contributed by atoms with Crippen LogP contribution in [0.3, 0.4) is 0 Å². The molecule has 0 aromatic heterocycles. The molecule has 0 bridgehead atoms. The molecule has 2 fully saturated rings. The van der Waals surface area contributed by atoms with Crippen molar-refractivity contribution in [3.8, 4) is 23.0 Å². The largest absolute Gasteiger partial charge is 0.504 e. The summed E-state index contributed by atoms with van der Waals surface area (Å²) in [5.41, 5.74) is 0.449. The number of benzene rings is 2. The minimum atomic E-state index is -1.83. The number of hydrogen-bond acceptors (Lipinski definition) is 16. The van der Waals surface area contributed by atoms with Crippen molar-refractivity contribution >= 4 is 12.0 Å². The van der Waals surface area contributed by atoms with Gasteiger partial charge in [-0.1, -0.05) is 12.1 Å². The molecule has 2 heterocycles. The first kappa shape index (κ1) is 34.3. The zero-order valence-corrected chi connectivity index (χ0v) is 23.8. The molecule has 248 valence electrons. The fraction of sp³-hybridized carbons (Fsp3) is 0.483. The number of rotatable bonds is 10. The summed E-state index contributed by atoms with van der Waals surface area (Å²) in [4.78, 5) is 12.7. The Balaban J connectivity index is 1.54. The summed E-state index contributed by atoms with van der Waals surface area (Å²) < 4.78 is 28.0. The lowest BCUT2D eigenvalue weighted by Gasteiger charge is -2.46. The number of ether oxygens (including phenoxy) is 5. The minimum Gasteiger partial charge on any atom is -0.504 e. The molecule has 2 aromatic carbocycles. The third-order valence-electron chi connectivity index (χ3n) is 7.36. The van der Waals surface area contributed by atoms with E-state index in [0.29, 0.717) is 5.56 Å². The van der Waals surface area contributed by atoms with Crippen LogP contribution in [0.25, 0.3) is 6.08 Å². The van der Waals surface area contributed by atoms with E-state index >= 15 is 0 Å². The van der Waals surface area contributed by atoms with Gasteiger partial charge in [-0.15, -0.1) is 0 Å². The van der Waals surface area contributed by atoms with Crippen LogP contribution in [0, 0.1) is 0 Å². The molecule has 45 heavy (non-hydrogen) atoms. The summed E-state index contributed by atoms with van der Waals surface area (Å²) >= 11 is 0. The average molecular weight is 641 g/mol. The molecular weight excluding hydrogens is 604 g/mol. The number of aromatic hydroxyl groups is 4. The SMILES string of the molecule is C[C@@H]1O[C@@H](O[C@H]2[C@H](OC[C@@H](O)c3ccc(O)c(O)c3)O[C@H](CO)[C@@H](OC(=O)/C=C/c3ccc(O)c(O)c3)[C@@H]2O)[C@H](O)[C@H](O)[C@H]1O. The molecule has 16 heteroatoms. The number of carbonyl (C=O) groups excluding carboxylic acids is 1. The molecule has 0 spiro atoms. The number of esters is 1. The number of hydrogen-bond donors (Lipinski definition) is 10. The van der Waals surface area contributed by atoms with Gasteiger partial charge in [-0.25, -0.2) is 4.79 Å². The molecule has 0 saturated carbocycles. The molecule has 2 saturated heterocycles. The van der Waals surface area contributed by atoms with Crippen molar-refractivity contribution < 1.29 is 79.5 Å². The second kappa shape index (κ2) is 14.7. The second-order valence-corrected chi connectivity index (χ2v) is 10.6. The van der Waals surface area contributed by atoms with Crippen molar-refractivity contribution in [2.45, 2.75) is 74.4 Å². The summed E-state index contributed by atoms with van der Waals surface area (Å²) in [5, 5.41) is 101. The van der Waals surface area contributed by atoms with Crippen LogP contribution in [0.15, 0.2) is 42.5 Å². The Labute approximate surface area is 256 Å². The standard InChI is InChI=1S/C29H36O16/c1-12-22(37)23(38)24(39)28(42-12)45-27-25(40)26(44-21(36)7-3-13-2-5-15(31)17(33)8-13)20(10-30)43-29(27)41-11-19(35)14-4-6-16(32)18(34)9-14/h2-9,12,19-20,22-35,37-40H,10-11H2,1H3/b7-3+/t12-,19+,20+,22-,23+,24+,25-,26+,27+,28-,29+/m0/s1. The molecule has 16 nitrogen and oxygen atoms in total. The lowest BCUT2D eigenvalue weighted by Crippen LogP contribution is -2.64. The van der Waals surface area contributed by atoms with Gasteiger partial charge in [0.2, 0.25) is 0 Å². The van der Waals surface area contributed by atoms with Crippen molar-refractivity contribution in [1.82, 2.24) is 0 Å². The Morgan fingerprint density at radius 3 is 2.16 bits per heavy atom. The zero-order valence-electron chi connectivity index (χ0n) is 23.8. The topological polar surface area (TPSA) is 266 Å². The van der Waals surface area contributed by atoms with Crippen molar-refractivity contribution in [3.05, 3.63) is 53.6 Å². The summed E-state index contributed by atoms with van der Waals surface area (Å²) in [6.45, 7) is 0.0575. The monoisotopic (exact) mass is 640 g/mol. The molecule has 2 aliphatic rings. The maximum atomic E-state index is 12.7. The summed E-state index contributed by atoms with van der Waals surface area (Å²) in [6.07, 6.45) is -15.0. The van der Waals surface area contributed by atoms with Gasteiger partial charge in [-0.2, -0.15) is 0 Å². The van der Waals surface area contributed by atoms with E-state index in [1.165, 1.54) is 37.3 Å². The van der Waals surface area contributed by atoms with Crippen molar-refractivity contribution in [2.24, 2.45) is 0 Å². The van der Waals surface area contributed by atoms with E-state index in [1.807, 2.05) is 0 Å². The smallest absolute Gasteiger partial charge is 0.331 e. The zero-order chi connectivity index (χ0) is 33.0. The molecule has 2 aromatic rings. The van der Waals surface area contributed by atoms with E-state index in [0.717, 1.165) is 18.2 Å². The average Bonchev–Trinajstić information content (AvgIpc) is 3.01. The van der Waals surface area contributed by atoms with Crippen LogP contribution in [0.4, 0.5) is 0 Å². The summed E-state index contributed by atoms with van der Waals surface area (Å²) in [6, 6.07) is 7.32. The van der Waals surface area contributed by atoms with Crippen molar-refractivity contribution in [3.63, 3.8) is 0 Å². The quantitative estimate of drug-likeness (QED) is 0.0802. The molecule has 0 radical (unpaired) electrons. The molecule has 2 aliphatic heterocycles. The normalized spacial score (nSPS) is 32.8. The maximum absolute atomic E-state index is 12.7. The predicted molar refractivity (Wildman–Crippen MR) is 148 cm³/mol. The highest BCUT2D eigenvalue weighted by Crippen LogP contribution is 2.33. The first-order valence-corrected chi connectivity index (χ1v) is 13.8. The highest BCUT2D eigenvalue weighted by Gasteiger charge is 2.52. The number of aliphatic hydroxyl groups is 6. The molecule has 11 atom stereocenters. The van der Waals surface area contributed by atoms with Crippen LogP contribution < -0.4 is 0 Å². The first-order valence-electron chi connectivity index (χ1n) is 13.8. The number of carbonyl (C=O) groups is 1. The molecule has 0 amide bonds. The molecule has 0 aliphatic carbocycles. The number of aliphatic hydroxyl groups excluding tert-OH is 6. The van der Waals surface area contributed by atoms with Gasteiger partial charge in [-0.05, 0) is 48.4 Å². The van der Waals surface area contributed by atoms with Gasteiger partial charge in [0.1, 0.15) is 42.7 Å². The van der Waals surface area contributed by atoms with Gasteiger partial charge in [0.05, 0.1) is 19.3 Å². The van der Waals surface area contributed by atoms with Crippen molar-refractivity contribution in [1.29, 1.82) is 0 Å². The first-order chi connectivity index (χ1) is 21.3. The van der Waals surface area contributed by atoms with E-state index in [1.54, 1.807) is 0 Å². The third-order valence-corrected chi connectivity index (χ3v) is 7.36. The van der Waals surface area contributed by atoms with E-state index in [-0.39, 0.29) is 11.3 Å². The lowest BCUT2D eigenvalue weighted by atomic mass is 9.97. The fourth-order valence-electron chi connectivity index (χ4n) is 4.76. The van der Waals surface area contributed by atoms with Gasteiger partial charge >= 0.3 is 5.97 Å². The van der Waals surface area contributed by atoms with E-state index < -0.39 is 104 Å². The van der Waals surface area contributed by atoms with Gasteiger partial charge in [0.25, 0.3) is 0 Å². The van der Waals surface area contributed by atoms with Crippen LogP contribution >= 0.6 is 0 Å². The lowest BCUT2D eigenvalue weighted by molar-refractivity contribution is -0.366. The Bertz CT molecular complexity index is 1340. The van der Waals surface area contributed by atoms with Crippen LogP contribution in [-0.2, 0) is 28.5 Å². The van der Waals surface area contributed by atoms with Gasteiger partial charge in [0.15, 0.2) is 41.7 Å². The number of phenols is 4. The summed E-state index contributed by atoms with van der Waals surface area (Å²) in [5.74, 6) is -2.75. The highest BCUT2D eigenvalue weighted by molar-refractivity contribution is 5.87. The van der Waals surface area contributed by atoms with Crippen LogP contribution in [0.2, 0.25) is 0 Å². The Hall–Kier alpha value is -3.55. The molecule has 10 N–H and O–H groups in total. The summed E-state index contributed by atoms with van der Waals surface area (Å²) in [7, 11) is 0. The second-order valence-electron chi connectivity index (χ2n) is 10.6. The molecule has 0 unspecified atom stereocenters. The Morgan fingerprint density at radius 1 is 0.844 bits per heavy atom. The minimum absolute atomic E-state index is 0.135. The Kier molecular flexibility index (Phi) is 11.2. The Morgan fingerprint density at radius 2 is 1.51 bits per heavy atom. The molecule has 4 rings (SSSR count). The van der Waals surface area contributed by atoms with Crippen LogP contribution in [-0.4, -0.2) is 132 Å². The predicted octanol–water partition coefficient (Wildman–Crippen LogP) is -1.53. The van der Waals surface area contributed by atoms with Gasteiger partial charge < -0.3 is 74.7 Å². The third kappa shape index (κ3) is 8.00. The fourth-order valence-corrected chi connectivity index (χ4v) is 4.76. The van der Waals surface area contributed by atoms with Crippen LogP contribution in [0.5, 0.6) is 23.0 Å². The van der Waals surface area contributed by atoms with E-state index in [2.05, 4.69) is 0 Å². The van der Waals surface area contributed by atoms with E-state index in [4.69, 9.17) is 23.7 Å². The van der Waals surface area contributed by atoms with Gasteiger partial charge in [0, 0.05) is 6.08 Å².